The summed E-state index contributed by atoms with van der Waals surface area (Å²) in [4.78, 5) is 27.5. The maximum Gasteiger partial charge on any atom is 0.261 e. The third-order valence-electron chi connectivity index (χ3n) is 5.14. The standard InChI is InChI=1S/C25H34N2O5/c1-17(2)14-26-25(29)19(4)27(15-20-10-8-7-9-18(20)3)24(28)16-32-23-12-21(30-5)11-22(13-23)31-6/h7-13,17,19H,14-16H2,1-6H3,(H,26,29)/t19-/m1/s1. The molecule has 2 rings (SSSR count). The summed E-state index contributed by atoms with van der Waals surface area (Å²) < 4.78 is 16.2. The number of rotatable bonds is 11. The van der Waals surface area contributed by atoms with Gasteiger partial charge in [0, 0.05) is 31.3 Å². The van der Waals surface area contributed by atoms with Gasteiger partial charge in [-0.1, -0.05) is 38.1 Å². The van der Waals surface area contributed by atoms with Crippen LogP contribution in [0.25, 0.3) is 0 Å². The molecule has 32 heavy (non-hydrogen) atoms. The molecular weight excluding hydrogens is 408 g/mol. The summed E-state index contributed by atoms with van der Waals surface area (Å²) in [5.41, 5.74) is 2.03. The first-order valence-corrected chi connectivity index (χ1v) is 10.7. The van der Waals surface area contributed by atoms with Crippen LogP contribution in [0.1, 0.15) is 31.9 Å². The molecule has 2 aromatic rings. The molecule has 7 heteroatoms. The minimum atomic E-state index is -0.649. The molecule has 0 bridgehead atoms. The molecule has 2 aromatic carbocycles. The van der Waals surface area contributed by atoms with Crippen LogP contribution in [-0.4, -0.2) is 50.1 Å². The van der Waals surface area contributed by atoms with Crippen molar-refractivity contribution in [2.75, 3.05) is 27.4 Å². The molecule has 1 N–H and O–H groups in total. The molecule has 0 aromatic heterocycles. The number of benzene rings is 2. The molecule has 0 saturated heterocycles. The van der Waals surface area contributed by atoms with Crippen LogP contribution >= 0.6 is 0 Å². The van der Waals surface area contributed by atoms with Crippen LogP contribution in [0.15, 0.2) is 42.5 Å². The molecule has 2 amide bonds. The highest BCUT2D eigenvalue weighted by molar-refractivity contribution is 5.88. The van der Waals surface area contributed by atoms with Crippen LogP contribution in [-0.2, 0) is 16.1 Å². The van der Waals surface area contributed by atoms with Crippen LogP contribution < -0.4 is 19.5 Å². The van der Waals surface area contributed by atoms with Gasteiger partial charge in [0.15, 0.2) is 6.61 Å². The lowest BCUT2D eigenvalue weighted by molar-refractivity contribution is -0.142. The van der Waals surface area contributed by atoms with E-state index in [1.807, 2.05) is 45.0 Å². The molecule has 0 radical (unpaired) electrons. The van der Waals surface area contributed by atoms with Crippen molar-refractivity contribution in [2.24, 2.45) is 5.92 Å². The van der Waals surface area contributed by atoms with Gasteiger partial charge >= 0.3 is 0 Å². The average molecular weight is 443 g/mol. The second-order valence-corrected chi connectivity index (χ2v) is 8.10. The number of amides is 2. The molecule has 0 aliphatic rings. The van der Waals surface area contributed by atoms with Crippen molar-refractivity contribution in [1.29, 1.82) is 0 Å². The quantitative estimate of drug-likeness (QED) is 0.576. The number of aryl methyl sites for hydroxylation is 1. The van der Waals surface area contributed by atoms with Crippen molar-refractivity contribution >= 4 is 11.8 Å². The lowest BCUT2D eigenvalue weighted by Crippen LogP contribution is -2.49. The highest BCUT2D eigenvalue weighted by atomic mass is 16.5. The van der Waals surface area contributed by atoms with E-state index in [2.05, 4.69) is 5.32 Å². The van der Waals surface area contributed by atoms with Gasteiger partial charge in [0.05, 0.1) is 14.2 Å². The Morgan fingerprint density at radius 3 is 2.12 bits per heavy atom. The first-order chi connectivity index (χ1) is 15.2. The van der Waals surface area contributed by atoms with E-state index in [4.69, 9.17) is 14.2 Å². The fraction of sp³-hybridized carbons (Fsp3) is 0.440. The average Bonchev–Trinajstić information content (AvgIpc) is 2.79. The third kappa shape index (κ3) is 7.18. The van der Waals surface area contributed by atoms with E-state index in [1.54, 1.807) is 44.2 Å². The van der Waals surface area contributed by atoms with Gasteiger partial charge in [0.1, 0.15) is 23.3 Å². The molecule has 0 heterocycles. The molecule has 0 aliphatic carbocycles. The van der Waals surface area contributed by atoms with Crippen molar-refractivity contribution in [1.82, 2.24) is 10.2 Å². The van der Waals surface area contributed by atoms with E-state index in [0.29, 0.717) is 36.3 Å². The Kier molecular flexibility index (Phi) is 9.38. The number of methoxy groups -OCH3 is 2. The molecule has 0 fully saturated rings. The Balaban J connectivity index is 2.19. The van der Waals surface area contributed by atoms with Crippen LogP contribution in [0.2, 0.25) is 0 Å². The summed E-state index contributed by atoms with van der Waals surface area (Å²) in [5.74, 6) is 1.40. The van der Waals surface area contributed by atoms with Gasteiger partial charge in [0.25, 0.3) is 5.91 Å². The number of ether oxygens (including phenoxy) is 3. The Morgan fingerprint density at radius 1 is 0.969 bits per heavy atom. The number of carbonyl (C=O) groups is 2. The number of hydrogen-bond donors (Lipinski definition) is 1. The van der Waals surface area contributed by atoms with Crippen LogP contribution in [0.5, 0.6) is 17.2 Å². The van der Waals surface area contributed by atoms with Crippen molar-refractivity contribution in [3.05, 3.63) is 53.6 Å². The lowest BCUT2D eigenvalue weighted by Gasteiger charge is -2.29. The maximum absolute atomic E-state index is 13.2. The van der Waals surface area contributed by atoms with Gasteiger partial charge in [-0.25, -0.2) is 0 Å². The van der Waals surface area contributed by atoms with Gasteiger partial charge in [-0.3, -0.25) is 9.59 Å². The summed E-state index contributed by atoms with van der Waals surface area (Å²) in [7, 11) is 3.09. The third-order valence-corrected chi connectivity index (χ3v) is 5.14. The van der Waals surface area contributed by atoms with Crippen molar-refractivity contribution in [2.45, 2.75) is 40.3 Å². The summed E-state index contributed by atoms with van der Waals surface area (Å²) in [6.07, 6.45) is 0. The molecule has 0 unspecified atom stereocenters. The predicted molar refractivity (Wildman–Crippen MR) is 124 cm³/mol. The Morgan fingerprint density at radius 2 is 1.56 bits per heavy atom. The van der Waals surface area contributed by atoms with Gasteiger partial charge in [0.2, 0.25) is 5.91 Å². The van der Waals surface area contributed by atoms with Crippen LogP contribution in [0, 0.1) is 12.8 Å². The van der Waals surface area contributed by atoms with E-state index < -0.39 is 6.04 Å². The van der Waals surface area contributed by atoms with E-state index in [-0.39, 0.29) is 18.4 Å². The zero-order valence-corrected chi connectivity index (χ0v) is 19.8. The van der Waals surface area contributed by atoms with E-state index >= 15 is 0 Å². The first kappa shape index (κ1) is 25.0. The van der Waals surface area contributed by atoms with Crippen molar-refractivity contribution in [3.8, 4) is 17.2 Å². The summed E-state index contributed by atoms with van der Waals surface area (Å²) in [6.45, 7) is 8.42. The minimum Gasteiger partial charge on any atom is -0.496 e. The largest absolute Gasteiger partial charge is 0.496 e. The number of nitrogens with one attached hydrogen (secondary N) is 1. The highest BCUT2D eigenvalue weighted by Crippen LogP contribution is 2.27. The smallest absolute Gasteiger partial charge is 0.261 e. The summed E-state index contributed by atoms with van der Waals surface area (Å²) in [5, 5.41) is 2.91. The normalized spacial score (nSPS) is 11.6. The lowest BCUT2D eigenvalue weighted by atomic mass is 10.1. The molecular formula is C25H34N2O5. The molecule has 1 atom stereocenters. The topological polar surface area (TPSA) is 77.1 Å². The van der Waals surface area contributed by atoms with E-state index in [9.17, 15) is 9.59 Å². The molecule has 0 aliphatic heterocycles. The van der Waals surface area contributed by atoms with E-state index in [0.717, 1.165) is 11.1 Å². The Labute approximate surface area is 190 Å². The number of carbonyl (C=O) groups excluding carboxylic acids is 2. The molecule has 7 nitrogen and oxygen atoms in total. The van der Waals surface area contributed by atoms with E-state index in [1.165, 1.54) is 0 Å². The Hall–Kier alpha value is -3.22. The second kappa shape index (κ2) is 12.0. The summed E-state index contributed by atoms with van der Waals surface area (Å²) >= 11 is 0. The predicted octanol–water partition coefficient (Wildman–Crippen LogP) is 3.58. The van der Waals surface area contributed by atoms with Crippen LogP contribution in [0.3, 0.4) is 0 Å². The van der Waals surface area contributed by atoms with Crippen molar-refractivity contribution < 1.29 is 23.8 Å². The van der Waals surface area contributed by atoms with Crippen molar-refractivity contribution in [3.63, 3.8) is 0 Å². The molecule has 0 spiro atoms. The minimum absolute atomic E-state index is 0.191. The van der Waals surface area contributed by atoms with Gasteiger partial charge in [-0.15, -0.1) is 0 Å². The second-order valence-electron chi connectivity index (χ2n) is 8.10. The summed E-state index contributed by atoms with van der Waals surface area (Å²) in [6, 6.07) is 12.3. The molecule has 0 saturated carbocycles. The van der Waals surface area contributed by atoms with Gasteiger partial charge < -0.3 is 24.4 Å². The fourth-order valence-electron chi connectivity index (χ4n) is 3.10. The highest BCUT2D eigenvalue weighted by Gasteiger charge is 2.27. The fourth-order valence-corrected chi connectivity index (χ4v) is 3.10. The van der Waals surface area contributed by atoms with Gasteiger partial charge in [-0.05, 0) is 30.9 Å². The zero-order valence-electron chi connectivity index (χ0n) is 19.8. The maximum atomic E-state index is 13.2. The molecule has 174 valence electrons. The SMILES string of the molecule is COc1cc(OC)cc(OCC(=O)N(Cc2ccccc2C)[C@H](C)C(=O)NCC(C)C)c1. The Bertz CT molecular complexity index is 891. The number of hydrogen-bond acceptors (Lipinski definition) is 5. The first-order valence-electron chi connectivity index (χ1n) is 10.7. The number of nitrogens with zero attached hydrogens (tertiary/aromatic N) is 1. The van der Waals surface area contributed by atoms with Crippen LogP contribution in [0.4, 0.5) is 0 Å². The zero-order chi connectivity index (χ0) is 23.7. The van der Waals surface area contributed by atoms with Gasteiger partial charge in [-0.2, -0.15) is 0 Å². The monoisotopic (exact) mass is 442 g/mol.